The van der Waals surface area contributed by atoms with Crippen molar-refractivity contribution in [1.82, 2.24) is 25.5 Å². The van der Waals surface area contributed by atoms with Crippen molar-refractivity contribution < 1.29 is 29.1 Å². The van der Waals surface area contributed by atoms with Gasteiger partial charge in [0.25, 0.3) is 0 Å². The van der Waals surface area contributed by atoms with Gasteiger partial charge < -0.3 is 37.1 Å². The molecule has 2 rings (SSSR count). The third-order valence-electron chi connectivity index (χ3n) is 5.42. The first-order valence-corrected chi connectivity index (χ1v) is 10.7. The van der Waals surface area contributed by atoms with E-state index in [0.29, 0.717) is 18.5 Å². The number of primary amides is 1. The first-order valence-electron chi connectivity index (χ1n) is 10.7. The van der Waals surface area contributed by atoms with Crippen LogP contribution in [0.3, 0.4) is 0 Å². The van der Waals surface area contributed by atoms with E-state index in [2.05, 4.69) is 20.6 Å². The number of nitrogens with one attached hydrogen (secondary N) is 3. The first-order chi connectivity index (χ1) is 15.5. The van der Waals surface area contributed by atoms with Crippen LogP contribution in [-0.2, 0) is 30.4 Å². The molecule has 13 nitrogen and oxygen atoms in total. The van der Waals surface area contributed by atoms with Crippen molar-refractivity contribution in [3.63, 3.8) is 0 Å². The van der Waals surface area contributed by atoms with Crippen molar-refractivity contribution in [2.24, 2.45) is 17.4 Å². The van der Waals surface area contributed by atoms with E-state index >= 15 is 0 Å². The number of carbonyl (C=O) groups is 5. The van der Waals surface area contributed by atoms with Gasteiger partial charge in [-0.25, -0.2) is 9.78 Å². The fraction of sp³-hybridized carbons (Fsp3) is 0.600. The fourth-order valence-corrected chi connectivity index (χ4v) is 3.68. The minimum absolute atomic E-state index is 0.0114. The van der Waals surface area contributed by atoms with Gasteiger partial charge in [0.1, 0.15) is 18.1 Å². The summed E-state index contributed by atoms with van der Waals surface area (Å²) in [4.78, 5) is 69.0. The lowest BCUT2D eigenvalue weighted by molar-refractivity contribution is -0.143. The van der Waals surface area contributed by atoms with Crippen LogP contribution in [0.5, 0.6) is 0 Å². The molecule has 33 heavy (non-hydrogen) atoms. The third kappa shape index (κ3) is 7.00. The Bertz CT molecular complexity index is 872. The summed E-state index contributed by atoms with van der Waals surface area (Å²) in [7, 11) is 0. The summed E-state index contributed by atoms with van der Waals surface area (Å²) in [5, 5.41) is 14.6. The van der Waals surface area contributed by atoms with Gasteiger partial charge in [-0.3, -0.25) is 19.2 Å². The summed E-state index contributed by atoms with van der Waals surface area (Å²) in [6.45, 7) is 3.69. The molecule has 2 heterocycles. The molecule has 13 heteroatoms. The summed E-state index contributed by atoms with van der Waals surface area (Å²) in [6.07, 6.45) is 3.42. The van der Waals surface area contributed by atoms with E-state index in [1.54, 1.807) is 13.8 Å². The van der Waals surface area contributed by atoms with Gasteiger partial charge in [0, 0.05) is 24.9 Å². The molecule has 0 spiro atoms. The highest BCUT2D eigenvalue weighted by Gasteiger charge is 2.38. The van der Waals surface area contributed by atoms with Gasteiger partial charge in [0.05, 0.1) is 18.8 Å². The van der Waals surface area contributed by atoms with E-state index in [0.717, 1.165) is 0 Å². The number of amides is 4. The van der Waals surface area contributed by atoms with Gasteiger partial charge in [-0.2, -0.15) is 0 Å². The zero-order chi connectivity index (χ0) is 24.7. The molecule has 1 saturated heterocycles. The number of aliphatic carboxylic acids is 1. The molecule has 1 aromatic heterocycles. The van der Waals surface area contributed by atoms with E-state index in [9.17, 15) is 29.1 Å². The largest absolute Gasteiger partial charge is 0.480 e. The number of rotatable bonds is 11. The van der Waals surface area contributed by atoms with E-state index in [1.165, 1.54) is 17.4 Å². The van der Waals surface area contributed by atoms with Crippen LogP contribution < -0.4 is 22.1 Å². The Morgan fingerprint density at radius 3 is 2.52 bits per heavy atom. The van der Waals surface area contributed by atoms with E-state index in [1.807, 2.05) is 0 Å². The minimum Gasteiger partial charge on any atom is -0.480 e. The van der Waals surface area contributed by atoms with Crippen LogP contribution in [0.2, 0.25) is 0 Å². The van der Waals surface area contributed by atoms with Crippen LogP contribution in [0.1, 0.15) is 38.8 Å². The van der Waals surface area contributed by atoms with E-state index in [4.69, 9.17) is 11.5 Å². The number of likely N-dealkylation sites (tertiary alicyclic amines) is 1. The normalized spacial score (nSPS) is 18.4. The lowest BCUT2D eigenvalue weighted by atomic mass is 10.0. The molecule has 0 radical (unpaired) electrons. The Morgan fingerprint density at radius 2 is 1.97 bits per heavy atom. The Hall–Kier alpha value is -3.48. The SMILES string of the molecule is CC(C)C(NC(=O)C1CCCN1C(=O)C(N)CC(N)=O)C(=O)NC(Cc1cnc[nH]1)C(=O)O. The van der Waals surface area contributed by atoms with Crippen LogP contribution in [0.4, 0.5) is 0 Å². The van der Waals surface area contributed by atoms with Crippen molar-refractivity contribution >= 4 is 29.6 Å². The van der Waals surface area contributed by atoms with Crippen molar-refractivity contribution in [2.75, 3.05) is 6.54 Å². The number of aromatic amines is 1. The summed E-state index contributed by atoms with van der Waals surface area (Å²) in [6, 6.07) is -4.27. The predicted molar refractivity (Wildman–Crippen MR) is 115 cm³/mol. The van der Waals surface area contributed by atoms with E-state index < -0.39 is 53.8 Å². The van der Waals surface area contributed by atoms with Gasteiger partial charge >= 0.3 is 5.97 Å². The molecule has 1 aliphatic heterocycles. The maximum absolute atomic E-state index is 13.0. The summed E-state index contributed by atoms with van der Waals surface area (Å²) in [5.41, 5.74) is 11.4. The standard InChI is InChI=1S/C20H31N7O6/c1-10(2)16(18(30)25-13(20(32)33)6-11-8-23-9-24-11)26-17(29)14-4-3-5-27(14)19(31)12(21)7-15(22)28/h8-10,12-14,16H,3-7,21H2,1-2H3,(H2,22,28)(H,23,24)(H,25,30)(H,26,29)(H,32,33). The number of hydrogen-bond donors (Lipinski definition) is 6. The van der Waals surface area contributed by atoms with Gasteiger partial charge in [-0.1, -0.05) is 13.8 Å². The number of H-pyrrole nitrogens is 1. The zero-order valence-electron chi connectivity index (χ0n) is 18.6. The maximum atomic E-state index is 13.0. The molecular weight excluding hydrogens is 434 g/mol. The number of nitrogens with zero attached hydrogens (tertiary/aromatic N) is 2. The predicted octanol–water partition coefficient (Wildman–Crippen LogP) is -2.14. The topological polar surface area (TPSA) is 214 Å². The van der Waals surface area contributed by atoms with Gasteiger partial charge in [0.2, 0.25) is 23.6 Å². The lowest BCUT2D eigenvalue weighted by Gasteiger charge is -2.29. The van der Waals surface area contributed by atoms with E-state index in [-0.39, 0.29) is 25.3 Å². The van der Waals surface area contributed by atoms with Crippen molar-refractivity contribution in [1.29, 1.82) is 0 Å². The number of carbonyl (C=O) groups excluding carboxylic acids is 4. The number of aromatic nitrogens is 2. The average molecular weight is 466 g/mol. The second-order valence-corrected chi connectivity index (χ2v) is 8.38. The molecular formula is C20H31N7O6. The van der Waals surface area contributed by atoms with Crippen molar-refractivity contribution in [3.05, 3.63) is 18.2 Å². The molecule has 4 unspecified atom stereocenters. The maximum Gasteiger partial charge on any atom is 0.326 e. The summed E-state index contributed by atoms with van der Waals surface area (Å²) in [5.74, 6) is -4.10. The van der Waals surface area contributed by atoms with Crippen molar-refractivity contribution in [2.45, 2.75) is 63.7 Å². The lowest BCUT2D eigenvalue weighted by Crippen LogP contribution is -2.58. The van der Waals surface area contributed by atoms with Crippen LogP contribution in [-0.4, -0.2) is 80.3 Å². The van der Waals surface area contributed by atoms with Crippen LogP contribution in [0, 0.1) is 5.92 Å². The molecule has 1 aromatic rings. The smallest absolute Gasteiger partial charge is 0.326 e. The van der Waals surface area contributed by atoms with Crippen molar-refractivity contribution in [3.8, 4) is 0 Å². The summed E-state index contributed by atoms with van der Waals surface area (Å²) >= 11 is 0. The Kier molecular flexibility index (Phi) is 8.91. The molecule has 1 aliphatic rings. The van der Waals surface area contributed by atoms with Crippen LogP contribution in [0.25, 0.3) is 0 Å². The van der Waals surface area contributed by atoms with Gasteiger partial charge in [-0.15, -0.1) is 0 Å². The molecule has 0 saturated carbocycles. The highest BCUT2D eigenvalue weighted by atomic mass is 16.4. The molecule has 0 aromatic carbocycles. The second-order valence-electron chi connectivity index (χ2n) is 8.38. The molecule has 8 N–H and O–H groups in total. The fourth-order valence-electron chi connectivity index (χ4n) is 3.68. The molecule has 4 atom stereocenters. The molecule has 4 amide bonds. The van der Waals surface area contributed by atoms with Crippen LogP contribution in [0.15, 0.2) is 12.5 Å². The minimum atomic E-state index is -1.23. The highest BCUT2D eigenvalue weighted by Crippen LogP contribution is 2.19. The quantitative estimate of drug-likeness (QED) is 0.211. The monoisotopic (exact) mass is 465 g/mol. The molecule has 182 valence electrons. The average Bonchev–Trinajstić information content (AvgIpc) is 3.41. The number of carboxylic acid groups (broad SMARTS) is 1. The first kappa shape index (κ1) is 25.8. The third-order valence-corrected chi connectivity index (χ3v) is 5.42. The Morgan fingerprint density at radius 1 is 1.27 bits per heavy atom. The Labute approximate surface area is 190 Å². The van der Waals surface area contributed by atoms with Crippen LogP contribution >= 0.6 is 0 Å². The number of hydrogen-bond acceptors (Lipinski definition) is 7. The molecule has 1 fully saturated rings. The summed E-state index contributed by atoms with van der Waals surface area (Å²) < 4.78 is 0. The zero-order valence-corrected chi connectivity index (χ0v) is 18.6. The Balaban J connectivity index is 2.07. The second kappa shape index (κ2) is 11.4. The highest BCUT2D eigenvalue weighted by molar-refractivity contribution is 5.95. The number of imidazole rings is 1. The molecule has 0 bridgehead atoms. The number of nitrogens with two attached hydrogens (primary N) is 2. The number of carboxylic acids is 1. The van der Waals surface area contributed by atoms with Gasteiger partial charge in [0.15, 0.2) is 0 Å². The van der Waals surface area contributed by atoms with Gasteiger partial charge in [-0.05, 0) is 18.8 Å². The molecule has 0 aliphatic carbocycles.